The highest BCUT2D eigenvalue weighted by atomic mass is 32.1. The van der Waals surface area contributed by atoms with Crippen molar-refractivity contribution in [1.82, 2.24) is 0 Å². The molecule has 1 N–H and O–H groups in total. The van der Waals surface area contributed by atoms with Gasteiger partial charge in [-0.2, -0.15) is 21.0 Å². The first-order valence-corrected chi connectivity index (χ1v) is 18.7. The van der Waals surface area contributed by atoms with Gasteiger partial charge in [-0.15, -0.1) is 22.7 Å². The molecule has 0 saturated heterocycles. The number of hydrogen-bond donors (Lipinski definition) is 1. The molecule has 0 amide bonds. The Balaban J connectivity index is 0.000000435. The summed E-state index contributed by atoms with van der Waals surface area (Å²) >= 11 is 2.82. The van der Waals surface area contributed by atoms with Crippen LogP contribution in [0, 0.1) is 57.2 Å². The Hall–Kier alpha value is -2.50. The third-order valence-electron chi connectivity index (χ3n) is 8.40. The largest absolute Gasteiger partial charge is 0.417 e. The van der Waals surface area contributed by atoms with E-state index in [0.29, 0.717) is 29.2 Å². The minimum atomic E-state index is -1.74. The van der Waals surface area contributed by atoms with E-state index >= 15 is 0 Å². The number of nitriles is 4. The zero-order chi connectivity index (χ0) is 31.5. The second-order valence-electron chi connectivity index (χ2n) is 12.6. The summed E-state index contributed by atoms with van der Waals surface area (Å²) in [6.07, 6.45) is 2.85. The Morgan fingerprint density at radius 3 is 1.49 bits per heavy atom. The van der Waals surface area contributed by atoms with Crippen molar-refractivity contribution < 1.29 is 9.53 Å². The third kappa shape index (κ3) is 8.99. The molecule has 0 aromatic carbocycles. The normalized spacial score (nSPS) is 14.5. The maximum absolute atomic E-state index is 9.91. The predicted octanol–water partition coefficient (Wildman–Crippen LogP) is 8.65. The van der Waals surface area contributed by atoms with E-state index in [1.165, 1.54) is 22.7 Å². The summed E-state index contributed by atoms with van der Waals surface area (Å²) in [5.41, 5.74) is -1.11. The van der Waals surface area contributed by atoms with E-state index < -0.39 is 19.1 Å². The lowest BCUT2D eigenvalue weighted by molar-refractivity contribution is 0.256. The monoisotopic (exact) mass is 610 g/mol. The Labute approximate surface area is 257 Å². The predicted molar refractivity (Wildman–Crippen MR) is 171 cm³/mol. The lowest BCUT2D eigenvalue weighted by Crippen LogP contribution is -2.41. The lowest BCUT2D eigenvalue weighted by atomic mass is 9.74. The van der Waals surface area contributed by atoms with E-state index in [4.69, 9.17) is 20.1 Å². The van der Waals surface area contributed by atoms with Crippen LogP contribution in [0.15, 0.2) is 24.3 Å². The number of rotatable bonds is 12. The zero-order valence-corrected chi connectivity index (χ0v) is 28.8. The van der Waals surface area contributed by atoms with Crippen LogP contribution in [0.3, 0.4) is 0 Å². The Morgan fingerprint density at radius 2 is 1.20 bits per heavy atom. The summed E-state index contributed by atoms with van der Waals surface area (Å²) in [6.45, 7) is 20.2. The van der Waals surface area contributed by atoms with Gasteiger partial charge < -0.3 is 9.53 Å². The average Bonchev–Trinajstić information content (AvgIpc) is 3.59. The first-order chi connectivity index (χ1) is 19.1. The minimum absolute atomic E-state index is 0.0899. The highest BCUT2D eigenvalue weighted by molar-refractivity contribution is 7.13. The van der Waals surface area contributed by atoms with Crippen LogP contribution in [-0.2, 0) is 15.3 Å². The SMILES string of the molecule is CC(C)C(C#N)(CCCO)c1ccc(C#N)s1.CC(C)C(C#N)(CCCO[Si](C)(C)C(C)(C)C)c1ccc(C#N)s1. The maximum Gasteiger partial charge on any atom is 0.191 e. The van der Waals surface area contributed by atoms with E-state index in [1.54, 1.807) is 6.07 Å². The van der Waals surface area contributed by atoms with Crippen molar-refractivity contribution >= 4 is 31.0 Å². The first kappa shape index (κ1) is 36.5. The minimum Gasteiger partial charge on any atom is -0.417 e. The van der Waals surface area contributed by atoms with Gasteiger partial charge in [-0.25, -0.2) is 0 Å². The standard InChI is InChI=1S/C19H30N2OSSi.C13H16N2OS/c1-15(2)19(14-21,17-10-9-16(13-20)23-17)11-8-12-22-24(6,7)18(3,4)5;1-10(2)13(9-15,6-3-7-16)12-5-4-11(8-14)17-12/h9-10,15H,8,11-12H2,1-7H3;4-5,10,16H,3,6-7H2,1-2H3. The maximum atomic E-state index is 9.91. The molecule has 2 unspecified atom stereocenters. The van der Waals surface area contributed by atoms with Gasteiger partial charge >= 0.3 is 0 Å². The second-order valence-corrected chi connectivity index (χ2v) is 19.5. The Morgan fingerprint density at radius 1 is 0.780 bits per heavy atom. The van der Waals surface area contributed by atoms with E-state index in [0.717, 1.165) is 22.6 Å². The number of thiophene rings is 2. The van der Waals surface area contributed by atoms with Crippen LogP contribution in [0.25, 0.3) is 0 Å². The van der Waals surface area contributed by atoms with E-state index in [1.807, 2.05) is 32.0 Å². The summed E-state index contributed by atoms with van der Waals surface area (Å²) in [4.78, 5) is 3.23. The molecule has 0 aliphatic carbocycles. The van der Waals surface area contributed by atoms with Crippen LogP contribution in [0.4, 0.5) is 0 Å². The lowest BCUT2D eigenvalue weighted by Gasteiger charge is -2.36. The van der Waals surface area contributed by atoms with E-state index in [-0.39, 0.29) is 23.5 Å². The van der Waals surface area contributed by atoms with E-state index in [9.17, 15) is 10.5 Å². The molecule has 2 heterocycles. The first-order valence-electron chi connectivity index (χ1n) is 14.2. The molecular formula is C32H46N4O2S2Si. The zero-order valence-electron chi connectivity index (χ0n) is 26.2. The molecule has 2 aromatic rings. The van der Waals surface area contributed by atoms with Crippen molar-refractivity contribution in [3.63, 3.8) is 0 Å². The molecular weight excluding hydrogens is 565 g/mol. The molecule has 0 aliphatic rings. The van der Waals surface area contributed by atoms with Gasteiger partial charge in [-0.3, -0.25) is 0 Å². The van der Waals surface area contributed by atoms with Gasteiger partial charge in [0.05, 0.1) is 23.0 Å². The molecule has 2 rings (SSSR count). The van der Waals surface area contributed by atoms with Crippen molar-refractivity contribution in [3.05, 3.63) is 43.8 Å². The second kappa shape index (κ2) is 15.6. The van der Waals surface area contributed by atoms with Crippen molar-refractivity contribution in [3.8, 4) is 24.3 Å². The van der Waals surface area contributed by atoms with Crippen LogP contribution < -0.4 is 0 Å². The molecule has 0 spiro atoms. The van der Waals surface area contributed by atoms with Gasteiger partial charge in [0.2, 0.25) is 0 Å². The smallest absolute Gasteiger partial charge is 0.191 e. The molecule has 222 valence electrons. The molecule has 0 fully saturated rings. The average molecular weight is 611 g/mol. The molecule has 0 saturated carbocycles. The quantitative estimate of drug-likeness (QED) is 0.189. The molecule has 2 atom stereocenters. The highest BCUT2D eigenvalue weighted by Gasteiger charge is 2.39. The summed E-state index contributed by atoms with van der Waals surface area (Å²) in [6, 6.07) is 16.6. The summed E-state index contributed by atoms with van der Waals surface area (Å²) in [5, 5.41) is 46.5. The Kier molecular flexibility index (Phi) is 13.9. The van der Waals surface area contributed by atoms with Crippen molar-refractivity contribution in [2.45, 2.75) is 103 Å². The topological polar surface area (TPSA) is 125 Å². The van der Waals surface area contributed by atoms with E-state index in [2.05, 4.69) is 72.0 Å². The van der Waals surface area contributed by atoms with Crippen LogP contribution >= 0.6 is 22.7 Å². The van der Waals surface area contributed by atoms with Crippen LogP contribution in [0.1, 0.15) is 93.7 Å². The molecule has 41 heavy (non-hydrogen) atoms. The van der Waals surface area contributed by atoms with Crippen molar-refractivity contribution in [1.29, 1.82) is 21.0 Å². The Bertz CT molecular complexity index is 1280. The molecule has 2 aromatic heterocycles. The van der Waals surface area contributed by atoms with Crippen LogP contribution in [0.5, 0.6) is 0 Å². The van der Waals surface area contributed by atoms with Gasteiger partial charge in [-0.05, 0) is 79.9 Å². The van der Waals surface area contributed by atoms with Gasteiger partial charge in [0.25, 0.3) is 0 Å². The van der Waals surface area contributed by atoms with Crippen molar-refractivity contribution in [2.75, 3.05) is 13.2 Å². The molecule has 0 aliphatic heterocycles. The van der Waals surface area contributed by atoms with Crippen LogP contribution in [-0.4, -0.2) is 26.6 Å². The van der Waals surface area contributed by atoms with Gasteiger partial charge in [0.1, 0.15) is 21.9 Å². The van der Waals surface area contributed by atoms with Crippen LogP contribution in [0.2, 0.25) is 18.1 Å². The fourth-order valence-corrected chi connectivity index (χ4v) is 7.73. The number of aliphatic hydroxyl groups is 1. The van der Waals surface area contributed by atoms with Crippen molar-refractivity contribution in [2.24, 2.45) is 11.8 Å². The fourth-order valence-electron chi connectivity index (χ4n) is 4.40. The molecule has 0 bridgehead atoms. The fraction of sp³-hybridized carbons (Fsp3) is 0.625. The molecule has 0 radical (unpaired) electrons. The number of hydrogen-bond acceptors (Lipinski definition) is 8. The highest BCUT2D eigenvalue weighted by Crippen LogP contribution is 2.42. The van der Waals surface area contributed by atoms with Gasteiger partial charge in [0.15, 0.2) is 8.32 Å². The number of aliphatic hydroxyl groups excluding tert-OH is 1. The third-order valence-corrected chi connectivity index (χ3v) is 15.3. The van der Waals surface area contributed by atoms with Gasteiger partial charge in [0, 0.05) is 23.0 Å². The summed E-state index contributed by atoms with van der Waals surface area (Å²) in [7, 11) is -1.74. The number of nitrogens with zero attached hydrogens (tertiary/aromatic N) is 4. The summed E-state index contributed by atoms with van der Waals surface area (Å²) in [5.74, 6) is 0.352. The van der Waals surface area contributed by atoms with Gasteiger partial charge in [-0.1, -0.05) is 48.5 Å². The molecule has 6 nitrogen and oxygen atoms in total. The summed E-state index contributed by atoms with van der Waals surface area (Å²) < 4.78 is 6.26. The molecule has 9 heteroatoms.